The van der Waals surface area contributed by atoms with Crippen LogP contribution in [0.25, 0.3) is 0 Å². The van der Waals surface area contributed by atoms with E-state index in [1.54, 1.807) is 0 Å². The predicted molar refractivity (Wildman–Crippen MR) is 95.6 cm³/mol. The molecule has 0 aliphatic carbocycles. The van der Waals surface area contributed by atoms with Gasteiger partial charge in [-0.15, -0.1) is 0 Å². The average molecular weight is 330 g/mol. The van der Waals surface area contributed by atoms with E-state index in [1.165, 1.54) is 24.1 Å². The van der Waals surface area contributed by atoms with Crippen molar-refractivity contribution in [2.24, 2.45) is 0 Å². The van der Waals surface area contributed by atoms with Gasteiger partial charge in [-0.2, -0.15) is 5.10 Å². The summed E-state index contributed by atoms with van der Waals surface area (Å²) >= 11 is 0. The Labute approximate surface area is 143 Å². The molecule has 0 bridgehead atoms. The van der Waals surface area contributed by atoms with Crippen LogP contribution in [0.1, 0.15) is 37.4 Å². The Morgan fingerprint density at radius 3 is 2.83 bits per heavy atom. The molecule has 1 aliphatic heterocycles. The molecule has 130 valence electrons. The second-order valence-corrected chi connectivity index (χ2v) is 6.73. The third kappa shape index (κ3) is 4.35. The lowest BCUT2D eigenvalue weighted by Gasteiger charge is -2.33. The molecule has 1 aromatic carbocycles. The second-order valence-electron chi connectivity index (χ2n) is 6.73. The van der Waals surface area contributed by atoms with E-state index in [4.69, 9.17) is 0 Å². The van der Waals surface area contributed by atoms with Gasteiger partial charge in [-0.25, -0.2) is 4.39 Å². The van der Waals surface area contributed by atoms with Crippen LogP contribution in [-0.4, -0.2) is 33.8 Å². The number of aryl methyl sites for hydroxylation is 2. The SMILES string of the molecule is CCCn1cc(CN2CCC[C@@H](Nc3ccc(F)cc3)C2)c(C)n1. The zero-order valence-corrected chi connectivity index (χ0v) is 14.6. The first-order valence-corrected chi connectivity index (χ1v) is 8.91. The minimum Gasteiger partial charge on any atom is -0.381 e. The second kappa shape index (κ2) is 7.79. The highest BCUT2D eigenvalue weighted by Crippen LogP contribution is 2.19. The van der Waals surface area contributed by atoms with Gasteiger partial charge in [-0.3, -0.25) is 9.58 Å². The summed E-state index contributed by atoms with van der Waals surface area (Å²) in [5.41, 5.74) is 3.46. The molecule has 1 saturated heterocycles. The minimum atomic E-state index is -0.189. The van der Waals surface area contributed by atoms with Crippen LogP contribution in [0.5, 0.6) is 0 Å². The molecule has 24 heavy (non-hydrogen) atoms. The normalized spacial score (nSPS) is 18.7. The molecular weight excluding hydrogens is 303 g/mol. The van der Waals surface area contributed by atoms with Crippen LogP contribution < -0.4 is 5.32 Å². The van der Waals surface area contributed by atoms with Crippen LogP contribution in [0.15, 0.2) is 30.5 Å². The number of anilines is 1. The Hall–Kier alpha value is -1.88. The Balaban J connectivity index is 1.58. The number of nitrogens with zero attached hydrogens (tertiary/aromatic N) is 3. The van der Waals surface area contributed by atoms with E-state index in [-0.39, 0.29) is 5.82 Å². The summed E-state index contributed by atoms with van der Waals surface area (Å²) in [6, 6.07) is 7.05. The van der Waals surface area contributed by atoms with Gasteiger partial charge < -0.3 is 5.32 Å². The Kier molecular flexibility index (Phi) is 5.51. The van der Waals surface area contributed by atoms with E-state index in [9.17, 15) is 4.39 Å². The Bertz CT molecular complexity index is 650. The summed E-state index contributed by atoms with van der Waals surface area (Å²) in [6.07, 6.45) is 5.63. The fourth-order valence-electron chi connectivity index (χ4n) is 3.40. The molecule has 1 aliphatic rings. The van der Waals surface area contributed by atoms with Crippen LogP contribution in [0.3, 0.4) is 0 Å². The third-order valence-electron chi connectivity index (χ3n) is 4.62. The van der Waals surface area contributed by atoms with Crippen LogP contribution in [0.2, 0.25) is 0 Å². The minimum absolute atomic E-state index is 0.189. The molecule has 0 unspecified atom stereocenters. The summed E-state index contributed by atoms with van der Waals surface area (Å²) in [6.45, 7) is 8.34. The molecule has 4 nitrogen and oxygen atoms in total. The van der Waals surface area contributed by atoms with Gasteiger partial charge in [0.2, 0.25) is 0 Å². The lowest BCUT2D eigenvalue weighted by molar-refractivity contribution is 0.208. The number of benzene rings is 1. The van der Waals surface area contributed by atoms with Gasteiger partial charge >= 0.3 is 0 Å². The van der Waals surface area contributed by atoms with Crippen molar-refractivity contribution in [3.8, 4) is 0 Å². The number of likely N-dealkylation sites (tertiary alicyclic amines) is 1. The number of hydrogen-bond acceptors (Lipinski definition) is 3. The summed E-state index contributed by atoms with van der Waals surface area (Å²) in [5.74, 6) is -0.189. The number of hydrogen-bond donors (Lipinski definition) is 1. The molecule has 1 fully saturated rings. The number of halogens is 1. The highest BCUT2D eigenvalue weighted by atomic mass is 19.1. The van der Waals surface area contributed by atoms with Gasteiger partial charge in [-0.1, -0.05) is 6.92 Å². The standard InChI is InChI=1S/C19H27FN4/c1-3-10-24-13-16(15(2)22-24)12-23-11-4-5-19(14-23)21-18-8-6-17(20)7-9-18/h6-9,13,19,21H,3-5,10-12,14H2,1-2H3/t19-/m1/s1. The maximum absolute atomic E-state index is 13.0. The van der Waals surface area contributed by atoms with Crippen molar-refractivity contribution in [1.29, 1.82) is 0 Å². The molecule has 0 saturated carbocycles. The van der Waals surface area contributed by atoms with Crippen molar-refractivity contribution in [1.82, 2.24) is 14.7 Å². The quantitative estimate of drug-likeness (QED) is 0.874. The van der Waals surface area contributed by atoms with Gasteiger partial charge in [0.25, 0.3) is 0 Å². The first-order chi connectivity index (χ1) is 11.6. The smallest absolute Gasteiger partial charge is 0.123 e. The molecule has 2 aromatic rings. The van der Waals surface area contributed by atoms with E-state index in [1.807, 2.05) is 12.1 Å². The molecule has 2 heterocycles. The van der Waals surface area contributed by atoms with Gasteiger partial charge in [-0.05, 0) is 57.0 Å². The zero-order chi connectivity index (χ0) is 16.9. The lowest BCUT2D eigenvalue weighted by atomic mass is 10.0. The van der Waals surface area contributed by atoms with Crippen LogP contribution in [0.4, 0.5) is 10.1 Å². The molecule has 0 radical (unpaired) electrons. The molecule has 1 atom stereocenters. The predicted octanol–water partition coefficient (Wildman–Crippen LogP) is 3.82. The van der Waals surface area contributed by atoms with Gasteiger partial charge in [0.05, 0.1) is 5.69 Å². The van der Waals surface area contributed by atoms with Gasteiger partial charge in [0, 0.05) is 43.1 Å². The molecule has 5 heteroatoms. The first kappa shape index (κ1) is 17.0. The third-order valence-corrected chi connectivity index (χ3v) is 4.62. The molecule has 3 rings (SSSR count). The van der Waals surface area contributed by atoms with Crippen molar-refractivity contribution in [2.75, 3.05) is 18.4 Å². The first-order valence-electron chi connectivity index (χ1n) is 8.91. The van der Waals surface area contributed by atoms with Crippen LogP contribution in [-0.2, 0) is 13.1 Å². The summed E-state index contributed by atoms with van der Waals surface area (Å²) in [5, 5.41) is 8.13. The van der Waals surface area contributed by atoms with E-state index in [0.717, 1.165) is 50.4 Å². The molecule has 0 amide bonds. The largest absolute Gasteiger partial charge is 0.381 e. The number of piperidine rings is 1. The van der Waals surface area contributed by atoms with Gasteiger partial charge in [0.15, 0.2) is 0 Å². The zero-order valence-electron chi connectivity index (χ0n) is 14.6. The maximum atomic E-state index is 13.0. The highest BCUT2D eigenvalue weighted by molar-refractivity contribution is 5.43. The average Bonchev–Trinajstić information content (AvgIpc) is 2.90. The molecule has 0 spiro atoms. The van der Waals surface area contributed by atoms with Crippen LogP contribution >= 0.6 is 0 Å². The van der Waals surface area contributed by atoms with Crippen molar-refractivity contribution < 1.29 is 4.39 Å². The van der Waals surface area contributed by atoms with E-state index < -0.39 is 0 Å². The number of rotatable bonds is 6. The van der Waals surface area contributed by atoms with Crippen molar-refractivity contribution in [3.05, 3.63) is 47.5 Å². The highest BCUT2D eigenvalue weighted by Gasteiger charge is 2.21. The lowest BCUT2D eigenvalue weighted by Crippen LogP contribution is -2.41. The summed E-state index contributed by atoms with van der Waals surface area (Å²) in [7, 11) is 0. The summed E-state index contributed by atoms with van der Waals surface area (Å²) in [4.78, 5) is 2.49. The molecule has 1 N–H and O–H groups in total. The van der Waals surface area contributed by atoms with Crippen LogP contribution in [0, 0.1) is 12.7 Å². The summed E-state index contributed by atoms with van der Waals surface area (Å²) < 4.78 is 15.1. The van der Waals surface area contributed by atoms with Crippen molar-refractivity contribution in [2.45, 2.75) is 52.2 Å². The van der Waals surface area contributed by atoms with Crippen molar-refractivity contribution >= 4 is 5.69 Å². The van der Waals surface area contributed by atoms with E-state index in [0.29, 0.717) is 6.04 Å². The van der Waals surface area contributed by atoms with Gasteiger partial charge in [0.1, 0.15) is 5.82 Å². The number of nitrogens with one attached hydrogen (secondary N) is 1. The van der Waals surface area contributed by atoms with Crippen molar-refractivity contribution in [3.63, 3.8) is 0 Å². The fraction of sp³-hybridized carbons (Fsp3) is 0.526. The Morgan fingerprint density at radius 2 is 2.08 bits per heavy atom. The van der Waals surface area contributed by atoms with E-state index >= 15 is 0 Å². The number of aromatic nitrogens is 2. The Morgan fingerprint density at radius 1 is 1.29 bits per heavy atom. The monoisotopic (exact) mass is 330 g/mol. The maximum Gasteiger partial charge on any atom is 0.123 e. The fourth-order valence-corrected chi connectivity index (χ4v) is 3.40. The topological polar surface area (TPSA) is 33.1 Å². The molecular formula is C19H27FN4. The molecule has 1 aromatic heterocycles. The van der Waals surface area contributed by atoms with E-state index in [2.05, 4.69) is 40.0 Å².